The minimum absolute atomic E-state index is 0.174. The highest BCUT2D eigenvalue weighted by molar-refractivity contribution is 5.97. The van der Waals surface area contributed by atoms with Gasteiger partial charge in [0.05, 0.1) is 5.54 Å². The Labute approximate surface area is 95.8 Å². The molecule has 1 aromatic rings. The van der Waals surface area contributed by atoms with Crippen molar-refractivity contribution in [3.8, 4) is 0 Å². The first-order valence-corrected chi connectivity index (χ1v) is 5.70. The van der Waals surface area contributed by atoms with E-state index in [9.17, 15) is 4.79 Å². The average molecular weight is 224 g/mol. The van der Waals surface area contributed by atoms with Crippen LogP contribution in [0, 0.1) is 0 Å². The summed E-state index contributed by atoms with van der Waals surface area (Å²) in [5.41, 5.74) is 6.17. The number of nitrogens with one attached hydrogen (secondary N) is 2. The van der Waals surface area contributed by atoms with E-state index in [-0.39, 0.29) is 5.91 Å². The zero-order valence-electron chi connectivity index (χ0n) is 10.1. The summed E-state index contributed by atoms with van der Waals surface area (Å²) in [5.74, 6) is 0.366. The van der Waals surface area contributed by atoms with E-state index >= 15 is 0 Å². The first-order chi connectivity index (χ1) is 7.55. The van der Waals surface area contributed by atoms with Gasteiger partial charge in [0.15, 0.2) is 5.82 Å². The zero-order chi connectivity index (χ0) is 12.2. The van der Waals surface area contributed by atoms with E-state index in [1.807, 2.05) is 26.8 Å². The molecule has 5 heteroatoms. The Kier molecular flexibility index (Phi) is 4.06. The molecule has 4 N–H and O–H groups in total. The number of nitrogens with zero attached hydrogens (tertiary/aromatic N) is 1. The van der Waals surface area contributed by atoms with Crippen molar-refractivity contribution in [3.63, 3.8) is 0 Å². The number of H-pyrrole nitrogens is 1. The summed E-state index contributed by atoms with van der Waals surface area (Å²) in [6, 6.07) is 1.82. The predicted molar refractivity (Wildman–Crippen MR) is 64.1 cm³/mol. The van der Waals surface area contributed by atoms with Gasteiger partial charge in [-0.2, -0.15) is 5.10 Å². The number of hydrogen-bond donors (Lipinski definition) is 3. The fourth-order valence-corrected chi connectivity index (χ4v) is 1.42. The highest BCUT2D eigenvalue weighted by atomic mass is 16.2. The zero-order valence-corrected chi connectivity index (χ0v) is 10.1. The smallest absolute Gasteiger partial charge is 0.245 e. The summed E-state index contributed by atoms with van der Waals surface area (Å²) in [6.07, 6.45) is 2.08. The molecular weight excluding hydrogens is 204 g/mol. The SMILES string of the molecule is CCc1cc(NC(=O)C(N)(CC)CC)n[nH]1. The lowest BCUT2D eigenvalue weighted by molar-refractivity contribution is -0.121. The van der Waals surface area contributed by atoms with Crippen molar-refractivity contribution >= 4 is 11.7 Å². The van der Waals surface area contributed by atoms with E-state index in [1.165, 1.54) is 0 Å². The standard InChI is InChI=1S/C11H20N4O/c1-4-8-7-9(15-14-8)13-10(16)11(12,5-2)6-3/h7H,4-6,12H2,1-3H3,(H2,13,14,15,16). The van der Waals surface area contributed by atoms with Crippen molar-refractivity contribution < 1.29 is 4.79 Å². The molecule has 5 nitrogen and oxygen atoms in total. The Morgan fingerprint density at radius 2 is 2.12 bits per heavy atom. The van der Waals surface area contributed by atoms with Gasteiger partial charge in [0.1, 0.15) is 0 Å². The van der Waals surface area contributed by atoms with Crippen LogP contribution in [0.3, 0.4) is 0 Å². The second-order valence-electron chi connectivity index (χ2n) is 3.95. The molecule has 1 heterocycles. The van der Waals surface area contributed by atoms with Crippen LogP contribution in [-0.4, -0.2) is 21.6 Å². The molecule has 90 valence electrons. The van der Waals surface area contributed by atoms with Gasteiger partial charge in [-0.15, -0.1) is 0 Å². The van der Waals surface area contributed by atoms with E-state index in [2.05, 4.69) is 15.5 Å². The molecule has 0 aliphatic rings. The second-order valence-corrected chi connectivity index (χ2v) is 3.95. The first-order valence-electron chi connectivity index (χ1n) is 5.70. The molecule has 1 amide bonds. The molecule has 1 aromatic heterocycles. The lowest BCUT2D eigenvalue weighted by Gasteiger charge is -2.24. The van der Waals surface area contributed by atoms with Crippen molar-refractivity contribution in [3.05, 3.63) is 11.8 Å². The predicted octanol–water partition coefficient (Wildman–Crippen LogP) is 1.43. The number of carbonyl (C=O) groups excluding carboxylic acids is 1. The number of carbonyl (C=O) groups is 1. The molecule has 0 aliphatic carbocycles. The van der Waals surface area contributed by atoms with Gasteiger partial charge in [0.25, 0.3) is 0 Å². The molecule has 0 saturated carbocycles. The largest absolute Gasteiger partial charge is 0.317 e. The average Bonchev–Trinajstić information content (AvgIpc) is 2.75. The number of amides is 1. The van der Waals surface area contributed by atoms with E-state index in [1.54, 1.807) is 0 Å². The number of nitrogens with two attached hydrogens (primary N) is 1. The quantitative estimate of drug-likeness (QED) is 0.707. The molecule has 0 bridgehead atoms. The maximum Gasteiger partial charge on any atom is 0.245 e. The first kappa shape index (κ1) is 12.7. The summed E-state index contributed by atoms with van der Waals surface area (Å²) in [7, 11) is 0. The van der Waals surface area contributed by atoms with Crippen molar-refractivity contribution in [2.24, 2.45) is 5.73 Å². The Morgan fingerprint density at radius 3 is 2.56 bits per heavy atom. The molecule has 0 atom stereocenters. The molecule has 0 unspecified atom stereocenters. The summed E-state index contributed by atoms with van der Waals surface area (Å²) in [6.45, 7) is 5.83. The van der Waals surface area contributed by atoms with Gasteiger partial charge in [-0.05, 0) is 19.3 Å². The van der Waals surface area contributed by atoms with Crippen LogP contribution in [0.1, 0.15) is 39.3 Å². The van der Waals surface area contributed by atoms with Crippen LogP contribution in [0.25, 0.3) is 0 Å². The fourth-order valence-electron chi connectivity index (χ4n) is 1.42. The van der Waals surface area contributed by atoms with Crippen LogP contribution in [0.15, 0.2) is 6.07 Å². The van der Waals surface area contributed by atoms with Crippen LogP contribution in [-0.2, 0) is 11.2 Å². The Bertz CT molecular complexity index is 355. The number of rotatable bonds is 5. The van der Waals surface area contributed by atoms with Gasteiger partial charge in [0, 0.05) is 11.8 Å². The molecule has 16 heavy (non-hydrogen) atoms. The number of anilines is 1. The summed E-state index contributed by atoms with van der Waals surface area (Å²) in [5, 5.41) is 9.57. The molecule has 1 rings (SSSR count). The Balaban J connectivity index is 2.70. The summed E-state index contributed by atoms with van der Waals surface area (Å²) >= 11 is 0. The molecule has 0 aromatic carbocycles. The number of aryl methyl sites for hydroxylation is 1. The second kappa shape index (κ2) is 5.12. The van der Waals surface area contributed by atoms with E-state index in [0.717, 1.165) is 12.1 Å². The fraction of sp³-hybridized carbons (Fsp3) is 0.636. The molecular formula is C11H20N4O. The van der Waals surface area contributed by atoms with Crippen LogP contribution >= 0.6 is 0 Å². The van der Waals surface area contributed by atoms with Gasteiger partial charge < -0.3 is 11.1 Å². The number of hydrogen-bond acceptors (Lipinski definition) is 3. The third-order valence-corrected chi connectivity index (χ3v) is 2.97. The maximum atomic E-state index is 11.9. The lowest BCUT2D eigenvalue weighted by atomic mass is 9.93. The van der Waals surface area contributed by atoms with Gasteiger partial charge in [-0.25, -0.2) is 0 Å². The molecule has 0 spiro atoms. The molecule has 0 saturated heterocycles. The van der Waals surface area contributed by atoms with Crippen LogP contribution in [0.2, 0.25) is 0 Å². The Morgan fingerprint density at radius 1 is 1.50 bits per heavy atom. The maximum absolute atomic E-state index is 11.9. The monoisotopic (exact) mass is 224 g/mol. The molecule has 0 fully saturated rings. The molecule has 0 aliphatic heterocycles. The Hall–Kier alpha value is -1.36. The van der Waals surface area contributed by atoms with E-state index in [4.69, 9.17) is 5.73 Å². The van der Waals surface area contributed by atoms with Gasteiger partial charge in [0.2, 0.25) is 5.91 Å². The minimum Gasteiger partial charge on any atom is -0.317 e. The minimum atomic E-state index is -0.800. The van der Waals surface area contributed by atoms with Gasteiger partial charge in [-0.1, -0.05) is 20.8 Å². The van der Waals surface area contributed by atoms with Crippen molar-refractivity contribution in [1.29, 1.82) is 0 Å². The van der Waals surface area contributed by atoms with Crippen LogP contribution in [0.5, 0.6) is 0 Å². The van der Waals surface area contributed by atoms with Crippen molar-refractivity contribution in [1.82, 2.24) is 10.2 Å². The number of aromatic amines is 1. The van der Waals surface area contributed by atoms with E-state index < -0.39 is 5.54 Å². The van der Waals surface area contributed by atoms with Crippen molar-refractivity contribution in [2.45, 2.75) is 45.6 Å². The van der Waals surface area contributed by atoms with Crippen molar-refractivity contribution in [2.75, 3.05) is 5.32 Å². The topological polar surface area (TPSA) is 83.8 Å². The van der Waals surface area contributed by atoms with Gasteiger partial charge in [-0.3, -0.25) is 9.89 Å². The van der Waals surface area contributed by atoms with Crippen LogP contribution < -0.4 is 11.1 Å². The molecule has 0 radical (unpaired) electrons. The third kappa shape index (κ3) is 2.61. The highest BCUT2D eigenvalue weighted by Crippen LogP contribution is 2.15. The van der Waals surface area contributed by atoms with E-state index in [0.29, 0.717) is 18.7 Å². The summed E-state index contributed by atoms with van der Waals surface area (Å²) in [4.78, 5) is 11.9. The summed E-state index contributed by atoms with van der Waals surface area (Å²) < 4.78 is 0. The highest BCUT2D eigenvalue weighted by Gasteiger charge is 2.30. The van der Waals surface area contributed by atoms with Crippen LogP contribution in [0.4, 0.5) is 5.82 Å². The lowest BCUT2D eigenvalue weighted by Crippen LogP contribution is -2.50. The third-order valence-electron chi connectivity index (χ3n) is 2.97. The normalized spacial score (nSPS) is 11.5. The number of aromatic nitrogens is 2. The van der Waals surface area contributed by atoms with Gasteiger partial charge >= 0.3 is 0 Å².